The van der Waals surface area contributed by atoms with Crippen molar-refractivity contribution in [2.45, 2.75) is 38.9 Å². The van der Waals surface area contributed by atoms with Gasteiger partial charge in [0, 0.05) is 6.17 Å². The van der Waals surface area contributed by atoms with E-state index < -0.39 is 43.1 Å². The van der Waals surface area contributed by atoms with Gasteiger partial charge >= 0.3 is 7.12 Å². The van der Waals surface area contributed by atoms with Gasteiger partial charge in [-0.25, -0.2) is 0 Å². The van der Waals surface area contributed by atoms with E-state index in [1.54, 1.807) is 0 Å². The van der Waals surface area contributed by atoms with Gasteiger partial charge in [-0.2, -0.15) is 0 Å². The van der Waals surface area contributed by atoms with Crippen LogP contribution in [0.4, 0.5) is 0 Å². The van der Waals surface area contributed by atoms with E-state index in [1.807, 2.05) is 27.7 Å². The SMILES string of the molecule is [2H]C([2H])=C([2H])c1c([2H])c([2H])nc(B2OC(C)(C)C(C)(C)O2)c1[2H]. The third-order valence-corrected chi connectivity index (χ3v) is 3.21. The fourth-order valence-electron chi connectivity index (χ4n) is 1.46. The molecule has 90 valence electrons. The van der Waals surface area contributed by atoms with Crippen molar-refractivity contribution in [1.29, 1.82) is 0 Å². The van der Waals surface area contributed by atoms with Crippen LogP contribution in [0, 0.1) is 0 Å². The summed E-state index contributed by atoms with van der Waals surface area (Å²) < 4.78 is 57.6. The predicted octanol–water partition coefficient (Wildman–Crippen LogP) is 2.02. The second-order valence-corrected chi connectivity index (χ2v) is 4.95. The summed E-state index contributed by atoms with van der Waals surface area (Å²) in [6, 6.07) is -1.39. The van der Waals surface area contributed by atoms with Crippen LogP contribution in [0.15, 0.2) is 24.8 Å². The average molecular weight is 237 g/mol. The van der Waals surface area contributed by atoms with Crippen LogP contribution in [0.5, 0.6) is 0 Å². The Labute approximate surface area is 111 Å². The van der Waals surface area contributed by atoms with Crippen LogP contribution in [0.25, 0.3) is 6.05 Å². The maximum Gasteiger partial charge on any atom is 0.514 e. The van der Waals surface area contributed by atoms with Crippen LogP contribution in [-0.2, 0) is 9.31 Å². The first-order valence-electron chi connectivity index (χ1n) is 8.37. The second-order valence-electron chi connectivity index (χ2n) is 4.95. The third kappa shape index (κ3) is 2.15. The summed E-state index contributed by atoms with van der Waals surface area (Å²) >= 11 is 0. The van der Waals surface area contributed by atoms with Gasteiger partial charge in [0.05, 0.1) is 25.0 Å². The maximum atomic E-state index is 8.18. The summed E-state index contributed by atoms with van der Waals surface area (Å²) in [6.45, 7) is 6.50. The number of nitrogens with zero attached hydrogens (tertiary/aromatic N) is 1. The van der Waals surface area contributed by atoms with Gasteiger partial charge in [-0.3, -0.25) is 4.98 Å². The first kappa shape index (κ1) is 6.71. The molecule has 0 bridgehead atoms. The van der Waals surface area contributed by atoms with E-state index >= 15 is 0 Å². The van der Waals surface area contributed by atoms with Crippen molar-refractivity contribution >= 4 is 18.8 Å². The lowest BCUT2D eigenvalue weighted by Crippen LogP contribution is -2.41. The fraction of sp³-hybridized carbons (Fsp3) is 0.462. The Balaban J connectivity index is 2.61. The minimum atomic E-state index is -1.01. The predicted molar refractivity (Wildman–Crippen MR) is 70.0 cm³/mol. The van der Waals surface area contributed by atoms with Crippen LogP contribution in [0.3, 0.4) is 0 Å². The monoisotopic (exact) mass is 237 g/mol. The number of pyridine rings is 1. The van der Waals surface area contributed by atoms with E-state index in [1.165, 1.54) is 0 Å². The Kier molecular flexibility index (Phi) is 1.57. The molecule has 1 aliphatic rings. The topological polar surface area (TPSA) is 31.4 Å². The summed E-state index contributed by atoms with van der Waals surface area (Å²) in [5, 5.41) is 0. The van der Waals surface area contributed by atoms with Gasteiger partial charge in [0.15, 0.2) is 0 Å². The minimum Gasteiger partial charge on any atom is -0.398 e. The fourth-order valence-corrected chi connectivity index (χ4v) is 1.46. The second kappa shape index (κ2) is 3.96. The highest BCUT2D eigenvalue weighted by atomic mass is 16.7. The molecule has 0 unspecified atom stereocenters. The Morgan fingerprint density at radius 3 is 2.71 bits per heavy atom. The highest BCUT2D eigenvalue weighted by Gasteiger charge is 2.52. The molecule has 0 spiro atoms. The molecule has 17 heavy (non-hydrogen) atoms. The van der Waals surface area contributed by atoms with Crippen molar-refractivity contribution in [3.05, 3.63) is 30.4 Å². The molecule has 1 aliphatic heterocycles. The summed E-state index contributed by atoms with van der Waals surface area (Å²) in [4.78, 5) is 3.90. The lowest BCUT2D eigenvalue weighted by Gasteiger charge is -2.32. The van der Waals surface area contributed by atoms with Crippen molar-refractivity contribution in [3.8, 4) is 0 Å². The third-order valence-electron chi connectivity index (χ3n) is 3.21. The van der Waals surface area contributed by atoms with E-state index in [0.29, 0.717) is 0 Å². The molecular formula is C13H18BNO2. The summed E-state index contributed by atoms with van der Waals surface area (Å²) in [5.41, 5.74) is -1.63. The first-order chi connectivity index (χ1) is 10.4. The Morgan fingerprint density at radius 2 is 2.12 bits per heavy atom. The van der Waals surface area contributed by atoms with Gasteiger partial charge in [0.1, 0.15) is 0 Å². The zero-order valence-corrected chi connectivity index (χ0v) is 10.3. The number of hydrogen-bond donors (Lipinski definition) is 0. The lowest BCUT2D eigenvalue weighted by atomic mass is 9.83. The van der Waals surface area contributed by atoms with E-state index in [4.69, 9.17) is 17.5 Å². The van der Waals surface area contributed by atoms with Crippen LogP contribution < -0.4 is 5.59 Å². The van der Waals surface area contributed by atoms with Crippen LogP contribution in [0.1, 0.15) is 41.5 Å². The van der Waals surface area contributed by atoms with Crippen LogP contribution in [0.2, 0.25) is 0 Å². The van der Waals surface area contributed by atoms with Crippen molar-refractivity contribution in [2.24, 2.45) is 0 Å². The van der Waals surface area contributed by atoms with E-state index in [-0.39, 0.29) is 17.2 Å². The maximum absolute atomic E-state index is 8.18. The van der Waals surface area contributed by atoms with Gasteiger partial charge in [0.25, 0.3) is 0 Å². The van der Waals surface area contributed by atoms with E-state index in [0.717, 1.165) is 0 Å². The largest absolute Gasteiger partial charge is 0.514 e. The minimum absolute atomic E-state index is 0.0225. The smallest absolute Gasteiger partial charge is 0.398 e. The van der Waals surface area contributed by atoms with Gasteiger partial charge < -0.3 is 9.31 Å². The highest BCUT2D eigenvalue weighted by molar-refractivity contribution is 6.61. The van der Waals surface area contributed by atoms with E-state index in [2.05, 4.69) is 4.98 Å². The molecule has 4 heteroatoms. The zero-order chi connectivity index (χ0) is 17.7. The van der Waals surface area contributed by atoms with Crippen molar-refractivity contribution in [1.82, 2.24) is 4.98 Å². The van der Waals surface area contributed by atoms with Crippen LogP contribution in [-0.4, -0.2) is 23.3 Å². The number of hydrogen-bond acceptors (Lipinski definition) is 3. The molecule has 0 radical (unpaired) electrons. The van der Waals surface area contributed by atoms with Crippen molar-refractivity contribution < 1.29 is 17.5 Å². The molecule has 1 saturated heterocycles. The van der Waals surface area contributed by atoms with Gasteiger partial charge in [0.2, 0.25) is 0 Å². The molecule has 0 atom stereocenters. The van der Waals surface area contributed by atoms with Crippen molar-refractivity contribution in [3.63, 3.8) is 0 Å². The van der Waals surface area contributed by atoms with Gasteiger partial charge in [-0.05, 0) is 45.3 Å². The Hall–Kier alpha value is -1.13. The van der Waals surface area contributed by atoms with Gasteiger partial charge in [-0.15, -0.1) is 0 Å². The molecule has 1 fully saturated rings. The van der Waals surface area contributed by atoms with Crippen LogP contribution >= 0.6 is 0 Å². The molecule has 0 amide bonds. The summed E-state index contributed by atoms with van der Waals surface area (Å²) in [5.74, 6) is 0. The Bertz CT molecular complexity index is 672. The van der Waals surface area contributed by atoms with Gasteiger partial charge in [-0.1, -0.05) is 12.6 Å². The molecule has 0 aliphatic carbocycles. The molecule has 0 N–H and O–H groups in total. The number of aromatic nitrogens is 1. The molecule has 0 aromatic carbocycles. The highest BCUT2D eigenvalue weighted by Crippen LogP contribution is 2.36. The standard InChI is InChI=1S/C13H18BNO2/c1-6-10-7-8-15-11(9-10)14-16-12(2,3)13(4,5)17-14/h6-9H,1H2,2-5H3/i1D2,6D,7D,8D,9D. The first-order valence-corrected chi connectivity index (χ1v) is 5.37. The Morgan fingerprint density at radius 1 is 1.47 bits per heavy atom. The normalized spacial score (nSPS) is 26.2. The molecule has 0 saturated carbocycles. The molecule has 1 aromatic rings. The molecule has 2 heterocycles. The lowest BCUT2D eigenvalue weighted by molar-refractivity contribution is 0.00578. The molecule has 1 aromatic heterocycles. The molecular weight excluding hydrogens is 213 g/mol. The van der Waals surface area contributed by atoms with E-state index in [9.17, 15) is 0 Å². The summed E-state index contributed by atoms with van der Waals surface area (Å²) in [6.07, 6.45) is -0.452. The number of rotatable bonds is 2. The molecule has 2 rings (SSSR count). The quantitative estimate of drug-likeness (QED) is 0.737. The molecule has 3 nitrogen and oxygen atoms in total. The summed E-state index contributed by atoms with van der Waals surface area (Å²) in [7, 11) is -1.01. The zero-order valence-electron chi connectivity index (χ0n) is 16.3. The average Bonchev–Trinajstić information content (AvgIpc) is 2.62. The van der Waals surface area contributed by atoms with Crippen molar-refractivity contribution in [2.75, 3.05) is 0 Å².